The summed E-state index contributed by atoms with van der Waals surface area (Å²) in [5.41, 5.74) is 0. The maximum atomic E-state index is 13.2. The number of hydrogen-bond acceptors (Lipinski definition) is 3. The molecule has 1 saturated carbocycles. The van der Waals surface area contributed by atoms with E-state index in [1.54, 1.807) is 0 Å². The fourth-order valence-corrected chi connectivity index (χ4v) is 2.31. The molecule has 1 aliphatic carbocycles. The predicted molar refractivity (Wildman–Crippen MR) is 64.9 cm³/mol. The van der Waals surface area contributed by atoms with Gasteiger partial charge in [0.15, 0.2) is 23.1 Å². The quantitative estimate of drug-likeness (QED) is 0.842. The number of nitriles is 1. The topological polar surface area (TPSA) is 42.2 Å². The van der Waals surface area contributed by atoms with E-state index in [9.17, 15) is 8.78 Å². The van der Waals surface area contributed by atoms with Gasteiger partial charge < -0.3 is 9.47 Å². The van der Waals surface area contributed by atoms with Gasteiger partial charge in [-0.3, -0.25) is 0 Å². The van der Waals surface area contributed by atoms with E-state index in [0.29, 0.717) is 6.42 Å². The zero-order chi connectivity index (χ0) is 13.8. The maximum Gasteiger partial charge on any atom is 0.164 e. The summed E-state index contributed by atoms with van der Waals surface area (Å²) in [5.74, 6) is -1.62. The number of nitrogens with zero attached hydrogens (tertiary/aromatic N) is 1. The molecule has 0 heterocycles. The third kappa shape index (κ3) is 3.14. The smallest absolute Gasteiger partial charge is 0.164 e. The fraction of sp³-hybridized carbons (Fsp3) is 0.500. The molecule has 19 heavy (non-hydrogen) atoms. The van der Waals surface area contributed by atoms with E-state index in [-0.39, 0.29) is 23.5 Å². The minimum atomic E-state index is -0.970. The van der Waals surface area contributed by atoms with Crippen molar-refractivity contribution in [3.8, 4) is 17.6 Å². The van der Waals surface area contributed by atoms with E-state index >= 15 is 0 Å². The van der Waals surface area contributed by atoms with Gasteiger partial charge in [0.1, 0.15) is 6.10 Å². The molecule has 0 bridgehead atoms. The van der Waals surface area contributed by atoms with Crippen molar-refractivity contribution in [3.63, 3.8) is 0 Å². The fourth-order valence-electron chi connectivity index (χ4n) is 2.31. The Morgan fingerprint density at radius 2 is 1.89 bits per heavy atom. The molecule has 2 atom stereocenters. The second kappa shape index (κ2) is 5.87. The Bertz CT molecular complexity index is 499. The first-order chi connectivity index (χ1) is 9.13. The average molecular weight is 267 g/mol. The first kappa shape index (κ1) is 13.6. The first-order valence-electron chi connectivity index (χ1n) is 6.23. The molecule has 0 spiro atoms. The van der Waals surface area contributed by atoms with Crippen molar-refractivity contribution >= 4 is 0 Å². The van der Waals surface area contributed by atoms with Gasteiger partial charge in [0.05, 0.1) is 13.2 Å². The molecule has 1 aromatic rings. The lowest BCUT2D eigenvalue weighted by atomic mass is 9.88. The van der Waals surface area contributed by atoms with E-state index in [0.717, 1.165) is 31.4 Å². The van der Waals surface area contributed by atoms with Crippen LogP contribution in [0.2, 0.25) is 0 Å². The van der Waals surface area contributed by atoms with Gasteiger partial charge in [0, 0.05) is 24.5 Å². The third-order valence-corrected chi connectivity index (χ3v) is 3.31. The summed E-state index contributed by atoms with van der Waals surface area (Å²) in [6.45, 7) is 0. The highest BCUT2D eigenvalue weighted by atomic mass is 19.2. The molecule has 1 aliphatic rings. The van der Waals surface area contributed by atoms with Crippen LogP contribution >= 0.6 is 0 Å². The molecule has 0 unspecified atom stereocenters. The predicted octanol–water partition coefficient (Wildman–Crippen LogP) is 3.43. The van der Waals surface area contributed by atoms with E-state index in [2.05, 4.69) is 6.07 Å². The van der Waals surface area contributed by atoms with Gasteiger partial charge in [0.2, 0.25) is 0 Å². The Hall–Kier alpha value is -1.83. The van der Waals surface area contributed by atoms with Crippen LogP contribution in [0.4, 0.5) is 8.78 Å². The van der Waals surface area contributed by atoms with Crippen molar-refractivity contribution in [1.29, 1.82) is 5.26 Å². The molecule has 1 aromatic carbocycles. The lowest BCUT2D eigenvalue weighted by molar-refractivity contribution is 0.133. The lowest BCUT2D eigenvalue weighted by Gasteiger charge is -2.26. The minimum absolute atomic E-state index is 0.0324. The van der Waals surface area contributed by atoms with Gasteiger partial charge in [-0.25, -0.2) is 8.78 Å². The largest absolute Gasteiger partial charge is 0.493 e. The van der Waals surface area contributed by atoms with Gasteiger partial charge >= 0.3 is 0 Å². The Kier molecular flexibility index (Phi) is 4.20. The minimum Gasteiger partial charge on any atom is -0.493 e. The van der Waals surface area contributed by atoms with Crippen LogP contribution in [0.5, 0.6) is 11.5 Å². The summed E-state index contributed by atoms with van der Waals surface area (Å²) in [5, 5.41) is 8.92. The molecule has 102 valence electrons. The van der Waals surface area contributed by atoms with Crippen LogP contribution < -0.4 is 9.47 Å². The molecule has 3 nitrogen and oxygen atoms in total. The summed E-state index contributed by atoms with van der Waals surface area (Å²) >= 11 is 0. The van der Waals surface area contributed by atoms with E-state index < -0.39 is 11.6 Å². The highest BCUT2D eigenvalue weighted by Gasteiger charge is 2.24. The van der Waals surface area contributed by atoms with Gasteiger partial charge in [-0.2, -0.15) is 5.26 Å². The zero-order valence-electron chi connectivity index (χ0n) is 10.7. The summed E-state index contributed by atoms with van der Waals surface area (Å²) in [6.07, 6.45) is 3.02. The highest BCUT2D eigenvalue weighted by Crippen LogP contribution is 2.34. The Morgan fingerprint density at radius 3 is 2.53 bits per heavy atom. The molecule has 0 saturated heterocycles. The molecule has 1 fully saturated rings. The van der Waals surface area contributed by atoms with Crippen molar-refractivity contribution in [2.24, 2.45) is 5.92 Å². The summed E-state index contributed by atoms with van der Waals surface area (Å²) < 4.78 is 37.0. The Balaban J connectivity index is 2.14. The molecule has 2 rings (SSSR count). The van der Waals surface area contributed by atoms with Gasteiger partial charge in [-0.1, -0.05) is 0 Å². The number of halogens is 2. The van der Waals surface area contributed by atoms with Gasteiger partial charge in [-0.05, 0) is 19.3 Å². The number of ether oxygens (including phenoxy) is 2. The van der Waals surface area contributed by atoms with Crippen molar-refractivity contribution in [2.75, 3.05) is 7.11 Å². The van der Waals surface area contributed by atoms with Crippen LogP contribution in [-0.2, 0) is 0 Å². The standard InChI is InChI=1S/C14H15F2NO2/c1-18-13-6-11(15)12(16)7-14(13)19-10-4-2-3-9(5-10)8-17/h6-7,9-10H,2-5H2,1H3/t9-,10+/m0/s1. The molecule has 0 aliphatic heterocycles. The zero-order valence-corrected chi connectivity index (χ0v) is 10.7. The number of benzene rings is 1. The van der Waals surface area contributed by atoms with Crippen molar-refractivity contribution < 1.29 is 18.3 Å². The summed E-state index contributed by atoms with van der Waals surface area (Å²) in [6, 6.07) is 4.18. The molecular formula is C14H15F2NO2. The average Bonchev–Trinajstić information content (AvgIpc) is 2.43. The van der Waals surface area contributed by atoms with Crippen LogP contribution in [0, 0.1) is 28.9 Å². The summed E-state index contributed by atoms with van der Waals surface area (Å²) in [7, 11) is 1.37. The lowest BCUT2D eigenvalue weighted by Crippen LogP contribution is -2.25. The highest BCUT2D eigenvalue weighted by molar-refractivity contribution is 5.40. The van der Waals surface area contributed by atoms with Gasteiger partial charge in [-0.15, -0.1) is 0 Å². The number of hydrogen-bond donors (Lipinski definition) is 0. The third-order valence-electron chi connectivity index (χ3n) is 3.31. The SMILES string of the molecule is COc1cc(F)c(F)cc1O[C@@H]1CCC[C@H](C#N)C1. The van der Waals surface area contributed by atoms with E-state index in [1.807, 2.05) is 0 Å². The monoisotopic (exact) mass is 267 g/mol. The normalized spacial score (nSPS) is 22.6. The van der Waals surface area contributed by atoms with Crippen molar-refractivity contribution in [2.45, 2.75) is 31.8 Å². The molecule has 0 radical (unpaired) electrons. The van der Waals surface area contributed by atoms with E-state index in [1.165, 1.54) is 7.11 Å². The van der Waals surface area contributed by atoms with E-state index in [4.69, 9.17) is 14.7 Å². The molecule has 0 aromatic heterocycles. The van der Waals surface area contributed by atoms with Crippen LogP contribution in [0.15, 0.2) is 12.1 Å². The van der Waals surface area contributed by atoms with Gasteiger partial charge in [0.25, 0.3) is 0 Å². The van der Waals surface area contributed by atoms with Crippen molar-refractivity contribution in [1.82, 2.24) is 0 Å². The molecule has 0 N–H and O–H groups in total. The maximum absolute atomic E-state index is 13.2. The Morgan fingerprint density at radius 1 is 1.21 bits per heavy atom. The number of rotatable bonds is 3. The van der Waals surface area contributed by atoms with Crippen LogP contribution in [0.3, 0.4) is 0 Å². The molecule has 0 amide bonds. The molecular weight excluding hydrogens is 252 g/mol. The molecule has 5 heteroatoms. The van der Waals surface area contributed by atoms with Crippen molar-refractivity contribution in [3.05, 3.63) is 23.8 Å². The first-order valence-corrected chi connectivity index (χ1v) is 6.23. The second-order valence-electron chi connectivity index (χ2n) is 4.65. The van der Waals surface area contributed by atoms with Crippen LogP contribution in [0.25, 0.3) is 0 Å². The number of methoxy groups -OCH3 is 1. The second-order valence-corrected chi connectivity index (χ2v) is 4.65. The van der Waals surface area contributed by atoms with Crippen LogP contribution in [0.1, 0.15) is 25.7 Å². The Labute approximate surface area is 110 Å². The van der Waals surface area contributed by atoms with Crippen LogP contribution in [-0.4, -0.2) is 13.2 Å². The summed E-state index contributed by atoms with van der Waals surface area (Å²) in [4.78, 5) is 0.